The second kappa shape index (κ2) is 7.16. The Kier molecular flexibility index (Phi) is 6.10. The molecular weight excluding hydrogens is 415 g/mol. The van der Waals surface area contributed by atoms with Crippen LogP contribution < -0.4 is 5.32 Å². The van der Waals surface area contributed by atoms with Crippen LogP contribution in [0, 0.1) is 5.41 Å². The maximum atomic E-state index is 14.6. The molecule has 0 aliphatic carbocycles. The second-order valence-corrected chi connectivity index (χ2v) is 7.73. The van der Waals surface area contributed by atoms with Crippen LogP contribution in [0.5, 0.6) is 0 Å². The topological polar surface area (TPSA) is 101 Å². The van der Waals surface area contributed by atoms with Gasteiger partial charge in [-0.2, -0.15) is 30.7 Å². The summed E-state index contributed by atoms with van der Waals surface area (Å²) in [5.74, 6) is -1.93. The normalized spacial score (nSPS) is 18.6. The van der Waals surface area contributed by atoms with Gasteiger partial charge >= 0.3 is 18.0 Å². The number of alkyl halides is 7. The lowest BCUT2D eigenvalue weighted by Crippen LogP contribution is -2.44. The summed E-state index contributed by atoms with van der Waals surface area (Å²) in [6, 6.07) is 0. The average Bonchev–Trinajstić information content (AvgIpc) is 2.85. The average molecular weight is 429 g/mol. The molecule has 0 radical (unpaired) electrons. The molecule has 0 aromatic rings. The van der Waals surface area contributed by atoms with Crippen molar-refractivity contribution in [2.45, 2.75) is 43.9 Å². The fourth-order valence-electron chi connectivity index (χ4n) is 1.89. The van der Waals surface area contributed by atoms with E-state index in [4.69, 9.17) is 5.41 Å². The van der Waals surface area contributed by atoms with Crippen LogP contribution in [0.4, 0.5) is 30.7 Å². The minimum atomic E-state index is -5.98. The molecule has 1 aliphatic heterocycles. The molecular formula is C12H14F7N3O4S. The van der Waals surface area contributed by atoms with Gasteiger partial charge in [-0.3, -0.25) is 5.41 Å². The summed E-state index contributed by atoms with van der Waals surface area (Å²) in [6.07, 6.45) is -6.52. The highest BCUT2D eigenvalue weighted by atomic mass is 32.2. The zero-order valence-corrected chi connectivity index (χ0v) is 14.7. The number of ether oxygens (including phenoxy) is 1. The van der Waals surface area contributed by atoms with Crippen molar-refractivity contribution >= 4 is 20.6 Å². The van der Waals surface area contributed by atoms with Crippen molar-refractivity contribution < 1.29 is 48.7 Å². The zero-order valence-electron chi connectivity index (χ0n) is 13.9. The molecule has 1 aliphatic rings. The van der Waals surface area contributed by atoms with Gasteiger partial charge < -0.3 is 14.9 Å². The van der Waals surface area contributed by atoms with Gasteiger partial charge in [0.2, 0.25) is 5.88 Å². The highest BCUT2D eigenvalue weighted by Crippen LogP contribution is 2.41. The van der Waals surface area contributed by atoms with Crippen molar-refractivity contribution in [3.8, 4) is 0 Å². The van der Waals surface area contributed by atoms with Crippen molar-refractivity contribution in [3.63, 3.8) is 0 Å². The molecule has 15 heteroatoms. The minimum absolute atomic E-state index is 0.628. The molecule has 0 aromatic heterocycles. The molecule has 27 heavy (non-hydrogen) atoms. The number of hydrogen-bond acceptors (Lipinski definition) is 7. The lowest BCUT2D eigenvalue weighted by molar-refractivity contribution is -0.104. The van der Waals surface area contributed by atoms with E-state index < -0.39 is 62.1 Å². The van der Waals surface area contributed by atoms with E-state index in [0.717, 1.165) is 0 Å². The van der Waals surface area contributed by atoms with Crippen molar-refractivity contribution in [2.24, 2.45) is 5.16 Å². The standard InChI is InChI=1S/C12H14F7N3O4S/c1-10(2)4-5(22-26-10)27(23,24)12(18,19)6(7(20)11(15,16)17)8(21-3)25-9(13)14/h9,20-21H,4H2,1-3H3/b8-6-,20-7?. The van der Waals surface area contributed by atoms with E-state index in [9.17, 15) is 39.2 Å². The van der Waals surface area contributed by atoms with Crippen molar-refractivity contribution in [1.82, 2.24) is 5.32 Å². The van der Waals surface area contributed by atoms with Crippen molar-refractivity contribution in [1.29, 1.82) is 5.41 Å². The number of rotatable bonds is 6. The molecule has 0 atom stereocenters. The number of halogens is 7. The van der Waals surface area contributed by atoms with Crippen LogP contribution in [0.25, 0.3) is 0 Å². The Balaban J connectivity index is 3.65. The molecule has 0 amide bonds. The summed E-state index contributed by atoms with van der Waals surface area (Å²) in [4.78, 5) is 4.61. The summed E-state index contributed by atoms with van der Waals surface area (Å²) >= 11 is 0. The number of oxime groups is 1. The first kappa shape index (κ1) is 23.0. The largest absolute Gasteiger partial charge is 0.433 e. The Hall–Kier alpha value is -2.06. The first-order valence-corrected chi connectivity index (χ1v) is 8.36. The molecule has 0 spiro atoms. The fraction of sp³-hybridized carbons (Fsp3) is 0.667. The first-order valence-electron chi connectivity index (χ1n) is 6.88. The first-order chi connectivity index (χ1) is 12.0. The predicted molar refractivity (Wildman–Crippen MR) is 78.0 cm³/mol. The monoisotopic (exact) mass is 429 g/mol. The molecule has 2 N–H and O–H groups in total. The van der Waals surface area contributed by atoms with Gasteiger partial charge in [0.1, 0.15) is 11.2 Å². The van der Waals surface area contributed by atoms with E-state index >= 15 is 0 Å². The van der Waals surface area contributed by atoms with Crippen LogP contribution in [-0.4, -0.2) is 49.9 Å². The predicted octanol–water partition coefficient (Wildman–Crippen LogP) is 2.76. The highest BCUT2D eigenvalue weighted by molar-refractivity contribution is 8.07. The van der Waals surface area contributed by atoms with E-state index in [1.165, 1.54) is 19.2 Å². The second-order valence-electron chi connectivity index (χ2n) is 5.74. The number of sulfone groups is 1. The number of hydrogen-bond donors (Lipinski definition) is 2. The number of nitrogens with zero attached hydrogens (tertiary/aromatic N) is 1. The molecule has 156 valence electrons. The van der Waals surface area contributed by atoms with Crippen LogP contribution in [0.1, 0.15) is 20.3 Å². The quantitative estimate of drug-likeness (QED) is 0.384. The zero-order chi connectivity index (χ0) is 21.4. The van der Waals surface area contributed by atoms with Crippen LogP contribution in [0.3, 0.4) is 0 Å². The summed E-state index contributed by atoms with van der Waals surface area (Å²) in [6.45, 7) is -1.34. The Labute approximate surface area is 148 Å². The van der Waals surface area contributed by atoms with Crippen LogP contribution >= 0.6 is 0 Å². The molecule has 0 unspecified atom stereocenters. The SMILES string of the molecule is CN/C(OC(F)F)=C(\C(=N)C(F)(F)F)C(F)(F)S(=O)(=O)C1=NOC(C)(C)C1. The maximum absolute atomic E-state index is 14.6. The Bertz CT molecular complexity index is 772. The van der Waals surface area contributed by atoms with Gasteiger partial charge in [0, 0.05) is 13.5 Å². The van der Waals surface area contributed by atoms with Gasteiger partial charge in [0.15, 0.2) is 10.8 Å². The summed E-state index contributed by atoms with van der Waals surface area (Å²) in [7, 11) is -5.35. The molecule has 0 saturated carbocycles. The molecule has 0 aromatic carbocycles. The molecule has 7 nitrogen and oxygen atoms in total. The Morgan fingerprint density at radius 3 is 2.15 bits per heavy atom. The molecule has 0 bridgehead atoms. The molecule has 0 saturated heterocycles. The lowest BCUT2D eigenvalue weighted by Gasteiger charge is -2.24. The van der Waals surface area contributed by atoms with Gasteiger partial charge in [-0.25, -0.2) is 8.42 Å². The fourth-order valence-corrected chi connectivity index (χ4v) is 3.33. The van der Waals surface area contributed by atoms with Crippen molar-refractivity contribution in [2.75, 3.05) is 7.05 Å². The molecule has 1 rings (SSSR count). The summed E-state index contributed by atoms with van der Waals surface area (Å²) in [5.41, 5.74) is -6.87. The third-order valence-corrected chi connectivity index (χ3v) is 4.82. The minimum Gasteiger partial charge on any atom is -0.419 e. The van der Waals surface area contributed by atoms with E-state index in [2.05, 4.69) is 14.7 Å². The van der Waals surface area contributed by atoms with Crippen molar-refractivity contribution in [3.05, 3.63) is 11.5 Å². The lowest BCUT2D eigenvalue weighted by atomic mass is 10.1. The van der Waals surface area contributed by atoms with E-state index in [1.807, 2.05) is 0 Å². The summed E-state index contributed by atoms with van der Waals surface area (Å²) in [5, 5.41) is 4.53. The third-order valence-electron chi connectivity index (χ3n) is 3.10. The van der Waals surface area contributed by atoms with E-state index in [-0.39, 0.29) is 0 Å². The Morgan fingerprint density at radius 1 is 1.30 bits per heavy atom. The van der Waals surface area contributed by atoms with Gasteiger partial charge in [-0.15, -0.1) is 0 Å². The molecule has 1 heterocycles. The van der Waals surface area contributed by atoms with Crippen LogP contribution in [0.15, 0.2) is 16.6 Å². The van der Waals surface area contributed by atoms with Gasteiger partial charge in [0.25, 0.3) is 9.84 Å². The van der Waals surface area contributed by atoms with Crippen LogP contribution in [-0.2, 0) is 19.4 Å². The van der Waals surface area contributed by atoms with Crippen LogP contribution in [0.2, 0.25) is 0 Å². The Morgan fingerprint density at radius 2 is 1.81 bits per heavy atom. The van der Waals surface area contributed by atoms with Gasteiger partial charge in [-0.1, -0.05) is 5.16 Å². The van der Waals surface area contributed by atoms with Gasteiger partial charge in [-0.05, 0) is 13.8 Å². The van der Waals surface area contributed by atoms with E-state index in [1.54, 1.807) is 0 Å². The molecule has 0 fully saturated rings. The maximum Gasteiger partial charge on any atom is 0.433 e. The summed E-state index contributed by atoms with van der Waals surface area (Å²) < 4.78 is 121. The van der Waals surface area contributed by atoms with Gasteiger partial charge in [0.05, 0.1) is 0 Å². The smallest absolute Gasteiger partial charge is 0.419 e. The number of nitrogens with one attached hydrogen (secondary N) is 2. The highest BCUT2D eigenvalue weighted by Gasteiger charge is 2.60. The van der Waals surface area contributed by atoms with E-state index in [0.29, 0.717) is 7.05 Å². The third kappa shape index (κ3) is 4.62.